The largest absolute Gasteiger partial charge is 0.294 e. The van der Waals surface area contributed by atoms with Crippen molar-refractivity contribution in [3.05, 3.63) is 60.2 Å². The minimum Gasteiger partial charge on any atom is -0.294 e. The molecule has 0 saturated heterocycles. The van der Waals surface area contributed by atoms with E-state index in [1.165, 1.54) is 0 Å². The Kier molecular flexibility index (Phi) is 3.60. The number of hydrogen-bond acceptors (Lipinski definition) is 3. The normalized spacial score (nSPS) is 12.1. The Morgan fingerprint density at radius 1 is 1.12 bits per heavy atom. The molecule has 1 heterocycles. The monoisotopic (exact) mass is 226 g/mol. The van der Waals surface area contributed by atoms with Gasteiger partial charge >= 0.3 is 0 Å². The summed E-state index contributed by atoms with van der Waals surface area (Å²) in [5, 5.41) is 0. The molecule has 0 fully saturated rings. The third-order valence-corrected chi connectivity index (χ3v) is 2.61. The van der Waals surface area contributed by atoms with Gasteiger partial charge in [0.2, 0.25) is 0 Å². The van der Waals surface area contributed by atoms with Crippen molar-refractivity contribution in [2.75, 3.05) is 0 Å². The first-order valence-corrected chi connectivity index (χ1v) is 5.62. The number of rotatable bonds is 4. The van der Waals surface area contributed by atoms with Gasteiger partial charge < -0.3 is 0 Å². The first kappa shape index (κ1) is 11.5. The van der Waals surface area contributed by atoms with Crippen molar-refractivity contribution >= 4 is 5.78 Å². The SMILES string of the molecule is CC(Cc1ncccn1)C(=O)c1ccccc1. The topological polar surface area (TPSA) is 42.9 Å². The second-order valence-corrected chi connectivity index (χ2v) is 4.00. The lowest BCUT2D eigenvalue weighted by Crippen LogP contribution is -2.15. The minimum atomic E-state index is -0.0974. The first-order chi connectivity index (χ1) is 8.27. The van der Waals surface area contributed by atoms with Crippen molar-refractivity contribution in [1.82, 2.24) is 9.97 Å². The van der Waals surface area contributed by atoms with E-state index in [1.54, 1.807) is 18.5 Å². The van der Waals surface area contributed by atoms with Gasteiger partial charge in [-0.2, -0.15) is 0 Å². The van der Waals surface area contributed by atoms with Crippen LogP contribution in [0.2, 0.25) is 0 Å². The van der Waals surface area contributed by atoms with Crippen LogP contribution in [-0.2, 0) is 6.42 Å². The second-order valence-electron chi connectivity index (χ2n) is 4.00. The van der Waals surface area contributed by atoms with E-state index in [-0.39, 0.29) is 11.7 Å². The van der Waals surface area contributed by atoms with Gasteiger partial charge in [0.15, 0.2) is 5.78 Å². The number of carbonyl (C=O) groups excluding carboxylic acids is 1. The standard InChI is InChI=1S/C14H14N2O/c1-11(10-13-15-8-5-9-16-13)14(17)12-6-3-2-4-7-12/h2-9,11H,10H2,1H3. The van der Waals surface area contributed by atoms with Crippen LogP contribution in [0.25, 0.3) is 0 Å². The summed E-state index contributed by atoms with van der Waals surface area (Å²) < 4.78 is 0. The number of carbonyl (C=O) groups is 1. The maximum atomic E-state index is 12.1. The number of nitrogens with zero attached hydrogens (tertiary/aromatic N) is 2. The summed E-state index contributed by atoms with van der Waals surface area (Å²) in [5.74, 6) is 0.752. The van der Waals surface area contributed by atoms with Crippen LogP contribution in [0.15, 0.2) is 48.8 Å². The van der Waals surface area contributed by atoms with Crippen molar-refractivity contribution in [2.45, 2.75) is 13.3 Å². The van der Waals surface area contributed by atoms with Crippen LogP contribution in [0, 0.1) is 5.92 Å². The number of benzene rings is 1. The maximum Gasteiger partial charge on any atom is 0.166 e. The minimum absolute atomic E-state index is 0.0974. The smallest absolute Gasteiger partial charge is 0.166 e. The molecule has 0 radical (unpaired) electrons. The average molecular weight is 226 g/mol. The van der Waals surface area contributed by atoms with Gasteiger partial charge in [-0.25, -0.2) is 9.97 Å². The van der Waals surface area contributed by atoms with E-state index in [2.05, 4.69) is 9.97 Å². The Morgan fingerprint density at radius 3 is 2.41 bits per heavy atom. The summed E-state index contributed by atoms with van der Waals surface area (Å²) in [6, 6.07) is 11.1. The van der Waals surface area contributed by atoms with Crippen LogP contribution in [0.4, 0.5) is 0 Å². The summed E-state index contributed by atoms with van der Waals surface area (Å²) in [4.78, 5) is 20.4. The van der Waals surface area contributed by atoms with E-state index >= 15 is 0 Å². The Morgan fingerprint density at radius 2 is 1.76 bits per heavy atom. The quantitative estimate of drug-likeness (QED) is 0.752. The highest BCUT2D eigenvalue weighted by Gasteiger charge is 2.16. The van der Waals surface area contributed by atoms with Gasteiger partial charge in [0.05, 0.1) is 0 Å². The highest BCUT2D eigenvalue weighted by atomic mass is 16.1. The Bertz CT molecular complexity index is 482. The lowest BCUT2D eigenvalue weighted by molar-refractivity contribution is 0.0928. The predicted octanol–water partition coefficient (Wildman–Crippen LogP) is 2.54. The van der Waals surface area contributed by atoms with Gasteiger partial charge in [0, 0.05) is 30.3 Å². The number of ketones is 1. The average Bonchev–Trinajstić information content (AvgIpc) is 2.40. The first-order valence-electron chi connectivity index (χ1n) is 5.62. The molecule has 86 valence electrons. The molecule has 1 aromatic heterocycles. The number of Topliss-reactive ketones (excluding diaryl/α,β-unsaturated/α-hetero) is 1. The molecular formula is C14H14N2O. The van der Waals surface area contributed by atoms with Gasteiger partial charge in [-0.15, -0.1) is 0 Å². The molecule has 1 aromatic carbocycles. The fourth-order valence-electron chi connectivity index (χ4n) is 1.69. The summed E-state index contributed by atoms with van der Waals surface area (Å²) in [6.07, 6.45) is 3.97. The Labute approximate surface area is 101 Å². The Balaban J connectivity index is 2.06. The molecule has 17 heavy (non-hydrogen) atoms. The van der Waals surface area contributed by atoms with Crippen molar-refractivity contribution in [3.63, 3.8) is 0 Å². The predicted molar refractivity (Wildman–Crippen MR) is 65.7 cm³/mol. The fraction of sp³-hybridized carbons (Fsp3) is 0.214. The molecule has 0 saturated carbocycles. The molecule has 3 nitrogen and oxygen atoms in total. The second kappa shape index (κ2) is 5.34. The van der Waals surface area contributed by atoms with Crippen LogP contribution >= 0.6 is 0 Å². The van der Waals surface area contributed by atoms with Crippen LogP contribution in [0.1, 0.15) is 23.1 Å². The van der Waals surface area contributed by atoms with Crippen LogP contribution in [0.3, 0.4) is 0 Å². The maximum absolute atomic E-state index is 12.1. The van der Waals surface area contributed by atoms with E-state index in [4.69, 9.17) is 0 Å². The van der Waals surface area contributed by atoms with Gasteiger partial charge in [0.25, 0.3) is 0 Å². The van der Waals surface area contributed by atoms with Crippen LogP contribution in [0.5, 0.6) is 0 Å². The van der Waals surface area contributed by atoms with E-state index in [0.717, 1.165) is 5.56 Å². The molecule has 0 N–H and O–H groups in total. The zero-order valence-electron chi connectivity index (χ0n) is 9.71. The van der Waals surface area contributed by atoms with E-state index in [0.29, 0.717) is 12.2 Å². The van der Waals surface area contributed by atoms with Crippen LogP contribution in [-0.4, -0.2) is 15.8 Å². The zero-order chi connectivity index (χ0) is 12.1. The summed E-state index contributed by atoms with van der Waals surface area (Å²) in [5.41, 5.74) is 0.746. The van der Waals surface area contributed by atoms with E-state index in [1.807, 2.05) is 37.3 Å². The van der Waals surface area contributed by atoms with Crippen molar-refractivity contribution in [2.24, 2.45) is 5.92 Å². The van der Waals surface area contributed by atoms with Gasteiger partial charge in [-0.1, -0.05) is 37.3 Å². The lowest BCUT2D eigenvalue weighted by Gasteiger charge is -2.09. The third-order valence-electron chi connectivity index (χ3n) is 2.61. The molecule has 1 unspecified atom stereocenters. The molecule has 0 aliphatic carbocycles. The van der Waals surface area contributed by atoms with E-state index < -0.39 is 0 Å². The summed E-state index contributed by atoms with van der Waals surface area (Å²) in [6.45, 7) is 1.91. The molecule has 3 heteroatoms. The third kappa shape index (κ3) is 2.97. The summed E-state index contributed by atoms with van der Waals surface area (Å²) in [7, 11) is 0. The van der Waals surface area contributed by atoms with Gasteiger partial charge in [-0.05, 0) is 6.07 Å². The molecule has 0 bridgehead atoms. The van der Waals surface area contributed by atoms with Crippen molar-refractivity contribution in [3.8, 4) is 0 Å². The molecule has 2 aromatic rings. The molecule has 2 rings (SSSR count). The van der Waals surface area contributed by atoms with Crippen LogP contribution < -0.4 is 0 Å². The fourth-order valence-corrected chi connectivity index (χ4v) is 1.69. The lowest BCUT2D eigenvalue weighted by atomic mass is 9.96. The molecule has 0 aliphatic heterocycles. The highest BCUT2D eigenvalue weighted by Crippen LogP contribution is 2.11. The molecule has 1 atom stereocenters. The summed E-state index contributed by atoms with van der Waals surface area (Å²) >= 11 is 0. The van der Waals surface area contributed by atoms with Gasteiger partial charge in [-0.3, -0.25) is 4.79 Å². The van der Waals surface area contributed by atoms with Gasteiger partial charge in [0.1, 0.15) is 5.82 Å². The van der Waals surface area contributed by atoms with Crippen molar-refractivity contribution < 1.29 is 4.79 Å². The molecule has 0 spiro atoms. The number of aromatic nitrogens is 2. The van der Waals surface area contributed by atoms with E-state index in [9.17, 15) is 4.79 Å². The molecular weight excluding hydrogens is 212 g/mol. The zero-order valence-corrected chi connectivity index (χ0v) is 9.71. The van der Waals surface area contributed by atoms with Crippen molar-refractivity contribution in [1.29, 1.82) is 0 Å². The number of hydrogen-bond donors (Lipinski definition) is 0. The Hall–Kier alpha value is -2.03. The molecule has 0 aliphatic rings. The molecule has 0 amide bonds. The highest BCUT2D eigenvalue weighted by molar-refractivity contribution is 5.97.